The van der Waals surface area contributed by atoms with Crippen molar-refractivity contribution in [2.75, 3.05) is 20.2 Å². The van der Waals surface area contributed by atoms with Crippen LogP contribution in [0.3, 0.4) is 0 Å². The number of amides is 2. The van der Waals surface area contributed by atoms with Crippen LogP contribution in [-0.2, 0) is 16.0 Å². The van der Waals surface area contributed by atoms with Gasteiger partial charge in [-0.05, 0) is 34.7 Å². The molecule has 0 aliphatic carbocycles. The lowest BCUT2D eigenvalue weighted by Crippen LogP contribution is -2.52. The fraction of sp³-hybridized carbons (Fsp3) is 0.300. The molecule has 0 aliphatic rings. The molecule has 2 atom stereocenters. The molecule has 0 bridgehead atoms. The maximum absolute atomic E-state index is 13.1. The predicted molar refractivity (Wildman–Crippen MR) is 147 cm³/mol. The van der Waals surface area contributed by atoms with Crippen LogP contribution in [-0.4, -0.2) is 65.4 Å². The molecule has 0 aliphatic heterocycles. The van der Waals surface area contributed by atoms with Gasteiger partial charge in [0.05, 0.1) is 13.7 Å². The van der Waals surface area contributed by atoms with Crippen molar-refractivity contribution in [1.82, 2.24) is 10.2 Å². The average molecular weight is 535 g/mol. The maximum Gasteiger partial charge on any atom is 0.342 e. The second-order valence-electron chi connectivity index (χ2n) is 9.49. The molecule has 0 saturated heterocycles. The first-order valence-corrected chi connectivity index (χ1v) is 12.6. The average Bonchev–Trinajstić information content (AvgIpc) is 2.93. The van der Waals surface area contributed by atoms with Crippen LogP contribution in [0.2, 0.25) is 0 Å². The van der Waals surface area contributed by atoms with Crippen LogP contribution >= 0.6 is 0 Å². The molecule has 1 unspecified atom stereocenters. The topological polar surface area (TPSA) is 125 Å². The number of methoxy groups -OCH3 is 1. The Kier molecular flexibility index (Phi) is 10.5. The van der Waals surface area contributed by atoms with E-state index in [9.17, 15) is 24.6 Å². The SMILES string of the molecule is COc1ccccc1OC(=O)C(O)CN(CC(C)C)C(=O)N[C@@H](Cc1ccc(-c2ccccc2)cc1)C(=O)O. The number of esters is 1. The number of nitrogens with zero attached hydrogens (tertiary/aromatic N) is 1. The molecule has 3 aromatic rings. The second kappa shape index (κ2) is 14.0. The number of carboxylic acid groups (broad SMARTS) is 1. The summed E-state index contributed by atoms with van der Waals surface area (Å²) >= 11 is 0. The van der Waals surface area contributed by atoms with Crippen molar-refractivity contribution in [2.45, 2.75) is 32.4 Å². The van der Waals surface area contributed by atoms with Gasteiger partial charge in [0.1, 0.15) is 6.04 Å². The van der Waals surface area contributed by atoms with Crippen molar-refractivity contribution < 1.29 is 34.1 Å². The van der Waals surface area contributed by atoms with E-state index >= 15 is 0 Å². The van der Waals surface area contributed by atoms with E-state index in [2.05, 4.69) is 5.32 Å². The summed E-state index contributed by atoms with van der Waals surface area (Å²) in [5, 5.41) is 22.8. The molecule has 2 amide bonds. The summed E-state index contributed by atoms with van der Waals surface area (Å²) in [5.41, 5.74) is 2.77. The van der Waals surface area contributed by atoms with E-state index in [1.54, 1.807) is 18.2 Å². The number of hydrogen-bond acceptors (Lipinski definition) is 6. The van der Waals surface area contributed by atoms with E-state index in [4.69, 9.17) is 9.47 Å². The Morgan fingerprint density at radius 2 is 1.44 bits per heavy atom. The van der Waals surface area contributed by atoms with Crippen molar-refractivity contribution in [3.8, 4) is 22.6 Å². The van der Waals surface area contributed by atoms with Gasteiger partial charge in [-0.3, -0.25) is 0 Å². The molecule has 3 rings (SSSR count). The molecule has 39 heavy (non-hydrogen) atoms. The number of aliphatic hydroxyl groups is 1. The third-order valence-corrected chi connectivity index (χ3v) is 5.91. The molecule has 0 fully saturated rings. The van der Waals surface area contributed by atoms with E-state index in [-0.39, 0.29) is 31.2 Å². The van der Waals surface area contributed by atoms with Crippen molar-refractivity contribution >= 4 is 18.0 Å². The molecule has 9 nitrogen and oxygen atoms in total. The monoisotopic (exact) mass is 534 g/mol. The Bertz CT molecular complexity index is 1250. The van der Waals surface area contributed by atoms with Crippen molar-refractivity contribution in [1.29, 1.82) is 0 Å². The molecular weight excluding hydrogens is 500 g/mol. The first-order valence-electron chi connectivity index (χ1n) is 12.6. The van der Waals surface area contributed by atoms with Gasteiger partial charge in [0.15, 0.2) is 17.6 Å². The number of carboxylic acids is 1. The Hall–Kier alpha value is -4.37. The number of hydrogen-bond donors (Lipinski definition) is 3. The summed E-state index contributed by atoms with van der Waals surface area (Å²) in [4.78, 5) is 38.9. The number of nitrogens with one attached hydrogen (secondary N) is 1. The molecule has 206 valence electrons. The van der Waals surface area contributed by atoms with Gasteiger partial charge in [-0.25, -0.2) is 14.4 Å². The number of rotatable bonds is 12. The van der Waals surface area contributed by atoms with Gasteiger partial charge in [-0.1, -0.05) is 80.6 Å². The largest absolute Gasteiger partial charge is 0.493 e. The zero-order chi connectivity index (χ0) is 28.4. The molecule has 0 spiro atoms. The number of benzene rings is 3. The molecule has 0 aromatic heterocycles. The minimum atomic E-state index is -1.66. The van der Waals surface area contributed by atoms with E-state index in [1.165, 1.54) is 18.1 Å². The van der Waals surface area contributed by atoms with Crippen LogP contribution in [0.5, 0.6) is 11.5 Å². The standard InChI is InChI=1S/C30H34N2O7/c1-20(2)18-32(19-25(33)29(36)39-27-12-8-7-11-26(27)38-3)30(37)31-24(28(34)35)17-21-13-15-23(16-14-21)22-9-5-4-6-10-22/h4-16,20,24-25,33H,17-19H2,1-3H3,(H,31,37)(H,34,35)/t24-,25?/m0/s1. The van der Waals surface area contributed by atoms with E-state index < -0.39 is 30.1 Å². The lowest BCUT2D eigenvalue weighted by atomic mass is 10.0. The molecule has 0 saturated carbocycles. The summed E-state index contributed by atoms with van der Waals surface area (Å²) in [6, 6.07) is 21.8. The van der Waals surface area contributed by atoms with Crippen LogP contribution in [0.4, 0.5) is 4.79 Å². The number of carbonyl (C=O) groups excluding carboxylic acids is 2. The van der Waals surface area contributed by atoms with E-state index in [0.717, 1.165) is 16.7 Å². The normalized spacial score (nSPS) is 12.3. The highest BCUT2D eigenvalue weighted by molar-refractivity contribution is 5.84. The highest BCUT2D eigenvalue weighted by Crippen LogP contribution is 2.26. The first-order chi connectivity index (χ1) is 18.7. The zero-order valence-electron chi connectivity index (χ0n) is 22.2. The van der Waals surface area contributed by atoms with Gasteiger partial charge >= 0.3 is 18.0 Å². The number of urea groups is 1. The minimum Gasteiger partial charge on any atom is -0.493 e. The molecule has 3 aromatic carbocycles. The van der Waals surface area contributed by atoms with Gasteiger partial charge in [0.2, 0.25) is 0 Å². The maximum atomic E-state index is 13.1. The zero-order valence-corrected chi connectivity index (χ0v) is 22.2. The number of carbonyl (C=O) groups is 3. The Morgan fingerprint density at radius 3 is 2.03 bits per heavy atom. The second-order valence-corrected chi connectivity index (χ2v) is 9.49. The van der Waals surface area contributed by atoms with Crippen LogP contribution in [0.25, 0.3) is 11.1 Å². The Morgan fingerprint density at radius 1 is 0.846 bits per heavy atom. The first kappa shape index (κ1) is 29.2. The van der Waals surface area contributed by atoms with Crippen LogP contribution in [0.15, 0.2) is 78.9 Å². The molecule has 3 N–H and O–H groups in total. The highest BCUT2D eigenvalue weighted by atomic mass is 16.6. The minimum absolute atomic E-state index is 0.0120. The molecule has 0 radical (unpaired) electrons. The van der Waals surface area contributed by atoms with Crippen molar-refractivity contribution in [3.05, 3.63) is 84.4 Å². The summed E-state index contributed by atoms with van der Waals surface area (Å²) in [6.45, 7) is 3.53. The van der Waals surface area contributed by atoms with Crippen LogP contribution in [0.1, 0.15) is 19.4 Å². The van der Waals surface area contributed by atoms with Gasteiger partial charge in [-0.15, -0.1) is 0 Å². The van der Waals surface area contributed by atoms with Crippen LogP contribution < -0.4 is 14.8 Å². The fourth-order valence-electron chi connectivity index (χ4n) is 3.98. The summed E-state index contributed by atoms with van der Waals surface area (Å²) < 4.78 is 10.4. The Labute approximate surface area is 228 Å². The quantitative estimate of drug-likeness (QED) is 0.237. The van der Waals surface area contributed by atoms with Gasteiger partial charge in [0.25, 0.3) is 0 Å². The van der Waals surface area contributed by atoms with Gasteiger partial charge < -0.3 is 29.9 Å². The van der Waals surface area contributed by atoms with Crippen molar-refractivity contribution in [3.63, 3.8) is 0 Å². The molecule has 9 heteroatoms. The summed E-state index contributed by atoms with van der Waals surface area (Å²) in [7, 11) is 1.42. The number of para-hydroxylation sites is 2. The number of aliphatic carboxylic acids is 1. The lowest BCUT2D eigenvalue weighted by Gasteiger charge is -2.28. The number of ether oxygens (including phenoxy) is 2. The summed E-state index contributed by atoms with van der Waals surface area (Å²) in [6.07, 6.45) is -1.60. The van der Waals surface area contributed by atoms with Gasteiger partial charge in [0, 0.05) is 13.0 Å². The fourth-order valence-corrected chi connectivity index (χ4v) is 3.98. The van der Waals surface area contributed by atoms with E-state index in [1.807, 2.05) is 68.4 Å². The smallest absolute Gasteiger partial charge is 0.342 e. The number of aliphatic hydroxyl groups excluding tert-OH is 1. The summed E-state index contributed by atoms with van der Waals surface area (Å²) in [5.74, 6) is -1.73. The Balaban J connectivity index is 1.66. The third-order valence-electron chi connectivity index (χ3n) is 5.91. The van der Waals surface area contributed by atoms with E-state index in [0.29, 0.717) is 5.75 Å². The van der Waals surface area contributed by atoms with Crippen LogP contribution in [0, 0.1) is 5.92 Å². The lowest BCUT2D eigenvalue weighted by molar-refractivity contribution is -0.144. The van der Waals surface area contributed by atoms with Gasteiger partial charge in [-0.2, -0.15) is 0 Å². The van der Waals surface area contributed by atoms with Crippen molar-refractivity contribution in [2.24, 2.45) is 5.92 Å². The molecular formula is C30H34N2O7. The molecule has 0 heterocycles. The highest BCUT2D eigenvalue weighted by Gasteiger charge is 2.28. The third kappa shape index (κ3) is 8.58. The predicted octanol–water partition coefficient (Wildman–Crippen LogP) is 3.99.